The molecule has 4 heteroatoms. The molecule has 1 N–H and O–H groups in total. The van der Waals surface area contributed by atoms with Crippen molar-refractivity contribution in [1.29, 1.82) is 0 Å². The Labute approximate surface area is 131 Å². The molecule has 114 valence electrons. The maximum atomic E-state index is 4.62. The Kier molecular flexibility index (Phi) is 5.67. The van der Waals surface area contributed by atoms with E-state index < -0.39 is 0 Å². The number of nitrogens with one attached hydrogen (secondary N) is 1. The van der Waals surface area contributed by atoms with E-state index in [9.17, 15) is 0 Å². The Bertz CT molecular complexity index is 439. The number of hydrogen-bond acceptors (Lipinski definition) is 2. The molecule has 2 unspecified atom stereocenters. The molecule has 3 nitrogen and oxygen atoms in total. The Morgan fingerprint density at radius 3 is 2.70 bits per heavy atom. The minimum atomic E-state index is 0.589. The number of hydrogen-bond donors (Lipinski definition) is 1. The van der Waals surface area contributed by atoms with E-state index in [4.69, 9.17) is 0 Å². The van der Waals surface area contributed by atoms with Gasteiger partial charge in [-0.3, -0.25) is 4.68 Å². The predicted octanol–water partition coefficient (Wildman–Crippen LogP) is 3.93. The highest BCUT2D eigenvalue weighted by Crippen LogP contribution is 2.36. The second-order valence-electron chi connectivity index (χ2n) is 6.38. The summed E-state index contributed by atoms with van der Waals surface area (Å²) >= 11 is 3.73. The third-order valence-electron chi connectivity index (χ3n) is 4.51. The molecule has 1 saturated carbocycles. The van der Waals surface area contributed by atoms with Gasteiger partial charge in [-0.05, 0) is 67.4 Å². The highest BCUT2D eigenvalue weighted by Gasteiger charge is 2.29. The molecular formula is C16H28BrN3. The monoisotopic (exact) mass is 341 g/mol. The molecule has 1 aromatic heterocycles. The van der Waals surface area contributed by atoms with Crippen LogP contribution >= 0.6 is 15.9 Å². The third-order valence-corrected chi connectivity index (χ3v) is 5.54. The van der Waals surface area contributed by atoms with Gasteiger partial charge in [0.25, 0.3) is 0 Å². The van der Waals surface area contributed by atoms with Crippen molar-refractivity contribution in [2.24, 2.45) is 11.8 Å². The Balaban J connectivity index is 2.05. The second-order valence-corrected chi connectivity index (χ2v) is 7.17. The van der Waals surface area contributed by atoms with E-state index in [1.54, 1.807) is 0 Å². The van der Waals surface area contributed by atoms with E-state index in [1.165, 1.54) is 42.4 Å². The van der Waals surface area contributed by atoms with Gasteiger partial charge in [0, 0.05) is 12.6 Å². The minimum absolute atomic E-state index is 0.589. The zero-order valence-electron chi connectivity index (χ0n) is 13.2. The molecular weight excluding hydrogens is 314 g/mol. The summed E-state index contributed by atoms with van der Waals surface area (Å²) in [6, 6.07) is 0.589. The predicted molar refractivity (Wildman–Crippen MR) is 88.0 cm³/mol. The van der Waals surface area contributed by atoms with Crippen molar-refractivity contribution in [1.82, 2.24) is 15.1 Å². The number of rotatable bonds is 6. The van der Waals surface area contributed by atoms with Crippen LogP contribution in [0.25, 0.3) is 0 Å². The molecule has 0 spiro atoms. The van der Waals surface area contributed by atoms with Crippen LogP contribution in [0.1, 0.15) is 51.4 Å². The maximum absolute atomic E-state index is 4.62. The lowest BCUT2D eigenvalue weighted by molar-refractivity contribution is 0.347. The average molecular weight is 342 g/mol. The smallest absolute Gasteiger partial charge is 0.0738 e. The van der Waals surface area contributed by atoms with Crippen molar-refractivity contribution in [2.45, 2.75) is 66.0 Å². The summed E-state index contributed by atoms with van der Waals surface area (Å²) < 4.78 is 3.40. The zero-order chi connectivity index (χ0) is 14.7. The molecule has 1 aliphatic carbocycles. The zero-order valence-corrected chi connectivity index (χ0v) is 14.8. The van der Waals surface area contributed by atoms with Crippen molar-refractivity contribution >= 4 is 15.9 Å². The molecule has 20 heavy (non-hydrogen) atoms. The van der Waals surface area contributed by atoms with Crippen LogP contribution < -0.4 is 5.32 Å². The molecule has 0 bridgehead atoms. The summed E-state index contributed by atoms with van der Waals surface area (Å²) in [5, 5.41) is 8.24. The van der Waals surface area contributed by atoms with Gasteiger partial charge in [0.05, 0.1) is 15.9 Å². The van der Waals surface area contributed by atoms with Crippen LogP contribution in [0.2, 0.25) is 0 Å². The third kappa shape index (κ3) is 3.64. The van der Waals surface area contributed by atoms with E-state index in [0.29, 0.717) is 6.04 Å². The summed E-state index contributed by atoms with van der Waals surface area (Å²) in [7, 11) is 0. The molecule has 0 aromatic carbocycles. The Morgan fingerprint density at radius 1 is 1.35 bits per heavy atom. The first-order valence-corrected chi connectivity index (χ1v) is 8.77. The van der Waals surface area contributed by atoms with Gasteiger partial charge in [-0.1, -0.05) is 20.3 Å². The van der Waals surface area contributed by atoms with Crippen LogP contribution in [0.15, 0.2) is 4.47 Å². The summed E-state index contributed by atoms with van der Waals surface area (Å²) in [5.41, 5.74) is 2.52. The van der Waals surface area contributed by atoms with Crippen molar-refractivity contribution < 1.29 is 0 Å². The standard InChI is InChI=1S/C16H28BrN3/c1-5-20-15(16(17)12(4)19-20)9-13-7-6-8-14(13)10-18-11(2)3/h11,13-14,18H,5-10H2,1-4H3. The summed E-state index contributed by atoms with van der Waals surface area (Å²) in [6.07, 6.45) is 5.29. The average Bonchev–Trinajstić information content (AvgIpc) is 2.96. The molecule has 0 aliphatic heterocycles. The first kappa shape index (κ1) is 16.0. The lowest BCUT2D eigenvalue weighted by Crippen LogP contribution is -2.31. The molecule has 2 rings (SSSR count). The second kappa shape index (κ2) is 7.08. The van der Waals surface area contributed by atoms with Crippen molar-refractivity contribution in [2.75, 3.05) is 6.54 Å². The van der Waals surface area contributed by atoms with Crippen LogP contribution in [0, 0.1) is 18.8 Å². The van der Waals surface area contributed by atoms with Crippen LogP contribution in [0.3, 0.4) is 0 Å². The Morgan fingerprint density at radius 2 is 2.05 bits per heavy atom. The van der Waals surface area contributed by atoms with Gasteiger partial charge in [-0.25, -0.2) is 0 Å². The fourth-order valence-electron chi connectivity index (χ4n) is 3.35. The summed E-state index contributed by atoms with van der Waals surface area (Å²) in [5.74, 6) is 1.63. The van der Waals surface area contributed by atoms with Gasteiger partial charge in [-0.15, -0.1) is 0 Å². The van der Waals surface area contributed by atoms with Crippen LogP contribution in [0.4, 0.5) is 0 Å². The lowest BCUT2D eigenvalue weighted by atomic mass is 9.91. The summed E-state index contributed by atoms with van der Waals surface area (Å²) in [6.45, 7) is 10.9. The SMILES string of the molecule is CCn1nc(C)c(Br)c1CC1CCCC1CNC(C)C. The fourth-order valence-corrected chi connectivity index (χ4v) is 3.80. The molecule has 1 aliphatic rings. The van der Waals surface area contributed by atoms with Gasteiger partial charge in [0.1, 0.15) is 0 Å². The van der Waals surface area contributed by atoms with Gasteiger partial charge in [-0.2, -0.15) is 5.10 Å². The molecule has 0 saturated heterocycles. The summed E-state index contributed by atoms with van der Waals surface area (Å²) in [4.78, 5) is 0. The topological polar surface area (TPSA) is 29.9 Å². The van der Waals surface area contributed by atoms with Crippen molar-refractivity contribution in [3.05, 3.63) is 15.9 Å². The van der Waals surface area contributed by atoms with Crippen molar-refractivity contribution in [3.8, 4) is 0 Å². The molecule has 1 fully saturated rings. The van der Waals surface area contributed by atoms with E-state index in [-0.39, 0.29) is 0 Å². The van der Waals surface area contributed by atoms with Crippen LogP contribution in [0.5, 0.6) is 0 Å². The van der Waals surface area contributed by atoms with Gasteiger partial charge in [0.2, 0.25) is 0 Å². The van der Waals surface area contributed by atoms with Gasteiger partial charge in [0.15, 0.2) is 0 Å². The van der Waals surface area contributed by atoms with E-state index >= 15 is 0 Å². The highest BCUT2D eigenvalue weighted by atomic mass is 79.9. The number of nitrogens with zero attached hydrogens (tertiary/aromatic N) is 2. The number of aromatic nitrogens is 2. The first-order chi connectivity index (χ1) is 9.52. The van der Waals surface area contributed by atoms with E-state index in [1.807, 2.05) is 0 Å². The molecule has 2 atom stereocenters. The first-order valence-electron chi connectivity index (χ1n) is 7.98. The molecule has 1 aromatic rings. The van der Waals surface area contributed by atoms with Crippen LogP contribution in [-0.2, 0) is 13.0 Å². The minimum Gasteiger partial charge on any atom is -0.314 e. The van der Waals surface area contributed by atoms with Gasteiger partial charge < -0.3 is 5.32 Å². The van der Waals surface area contributed by atoms with Gasteiger partial charge >= 0.3 is 0 Å². The van der Waals surface area contributed by atoms with E-state index in [2.05, 4.69) is 58.7 Å². The Hall–Kier alpha value is -0.350. The molecule has 1 heterocycles. The number of halogens is 1. The number of aryl methyl sites for hydroxylation is 2. The molecule has 0 radical (unpaired) electrons. The van der Waals surface area contributed by atoms with Crippen LogP contribution in [-0.4, -0.2) is 22.4 Å². The van der Waals surface area contributed by atoms with Crippen molar-refractivity contribution in [3.63, 3.8) is 0 Å². The lowest BCUT2D eigenvalue weighted by Gasteiger charge is -2.22. The highest BCUT2D eigenvalue weighted by molar-refractivity contribution is 9.10. The normalized spacial score (nSPS) is 22.9. The maximum Gasteiger partial charge on any atom is 0.0738 e. The molecule has 0 amide bonds. The fraction of sp³-hybridized carbons (Fsp3) is 0.812. The quantitative estimate of drug-likeness (QED) is 0.849. The largest absolute Gasteiger partial charge is 0.314 e. The van der Waals surface area contributed by atoms with E-state index in [0.717, 1.165) is 24.1 Å².